The van der Waals surface area contributed by atoms with Gasteiger partial charge in [-0.3, -0.25) is 9.69 Å². The average molecular weight is 344 g/mol. The summed E-state index contributed by atoms with van der Waals surface area (Å²) in [4.78, 5) is 15.5. The molecule has 128 valence electrons. The Kier molecular flexibility index (Phi) is 7.15. The van der Waals surface area contributed by atoms with Crippen LogP contribution in [0.15, 0.2) is 53.4 Å². The van der Waals surface area contributed by atoms with Crippen molar-refractivity contribution in [3.05, 3.63) is 54.1 Å². The van der Waals surface area contributed by atoms with Gasteiger partial charge < -0.3 is 10.1 Å². The van der Waals surface area contributed by atoms with Crippen LogP contribution in [0.2, 0.25) is 0 Å². The minimum Gasteiger partial charge on any atom is -0.492 e. The molecule has 0 bridgehead atoms. The highest BCUT2D eigenvalue weighted by Crippen LogP contribution is 2.23. The fraction of sp³-hybridized carbons (Fsp3) is 0.316. The number of hydrogen-bond donors (Lipinski definition) is 1. The number of nitrogens with zero attached hydrogens (tertiary/aromatic N) is 1. The van der Waals surface area contributed by atoms with Gasteiger partial charge in [-0.15, -0.1) is 11.8 Å². The largest absolute Gasteiger partial charge is 0.492 e. The van der Waals surface area contributed by atoms with Gasteiger partial charge in [-0.25, -0.2) is 0 Å². The van der Waals surface area contributed by atoms with Crippen LogP contribution in [0, 0.1) is 0 Å². The lowest BCUT2D eigenvalue weighted by Crippen LogP contribution is -2.30. The van der Waals surface area contributed by atoms with E-state index in [1.807, 2.05) is 43.1 Å². The van der Waals surface area contributed by atoms with Crippen molar-refractivity contribution in [1.29, 1.82) is 0 Å². The fourth-order valence-corrected chi connectivity index (χ4v) is 2.79. The van der Waals surface area contributed by atoms with Gasteiger partial charge in [0.25, 0.3) is 0 Å². The summed E-state index contributed by atoms with van der Waals surface area (Å²) in [6, 6.07) is 15.9. The zero-order valence-electron chi connectivity index (χ0n) is 14.4. The molecule has 2 aromatic carbocycles. The van der Waals surface area contributed by atoms with E-state index in [4.69, 9.17) is 4.74 Å². The van der Waals surface area contributed by atoms with E-state index in [2.05, 4.69) is 35.8 Å². The van der Waals surface area contributed by atoms with Crippen LogP contribution in [0.3, 0.4) is 0 Å². The van der Waals surface area contributed by atoms with Gasteiger partial charge in [-0.05, 0) is 50.1 Å². The molecule has 0 spiro atoms. The maximum atomic E-state index is 12.3. The topological polar surface area (TPSA) is 41.6 Å². The Morgan fingerprint density at radius 2 is 1.88 bits per heavy atom. The van der Waals surface area contributed by atoms with Gasteiger partial charge >= 0.3 is 0 Å². The van der Waals surface area contributed by atoms with Gasteiger partial charge in [0, 0.05) is 11.4 Å². The van der Waals surface area contributed by atoms with E-state index in [0.717, 1.165) is 6.54 Å². The van der Waals surface area contributed by atoms with E-state index in [1.165, 1.54) is 10.5 Å². The number of thioether (sulfide) groups is 1. The van der Waals surface area contributed by atoms with Crippen molar-refractivity contribution in [2.45, 2.75) is 18.4 Å². The summed E-state index contributed by atoms with van der Waals surface area (Å²) in [6.07, 6.45) is 2.06. The summed E-state index contributed by atoms with van der Waals surface area (Å²) in [6.45, 7) is 3.55. The molecule has 0 atom stereocenters. The number of para-hydroxylation sites is 2. The number of rotatable bonds is 8. The molecule has 0 aliphatic heterocycles. The first-order chi connectivity index (χ1) is 11.6. The van der Waals surface area contributed by atoms with E-state index in [0.29, 0.717) is 24.6 Å². The minimum atomic E-state index is -0.0506. The summed E-state index contributed by atoms with van der Waals surface area (Å²) in [7, 11) is 1.94. The third-order valence-corrected chi connectivity index (χ3v) is 4.23. The van der Waals surface area contributed by atoms with Gasteiger partial charge in [0.15, 0.2) is 0 Å². The van der Waals surface area contributed by atoms with Crippen molar-refractivity contribution in [1.82, 2.24) is 4.90 Å². The van der Waals surface area contributed by atoms with Crippen LogP contribution in [-0.2, 0) is 11.3 Å². The maximum absolute atomic E-state index is 12.3. The predicted molar refractivity (Wildman–Crippen MR) is 101 cm³/mol. The third kappa shape index (κ3) is 5.58. The number of carbonyl (C=O) groups excluding carboxylic acids is 1. The minimum absolute atomic E-state index is 0.0506. The van der Waals surface area contributed by atoms with Crippen molar-refractivity contribution in [3.8, 4) is 5.75 Å². The Hall–Kier alpha value is -1.98. The zero-order chi connectivity index (χ0) is 17.4. The van der Waals surface area contributed by atoms with Gasteiger partial charge in [-0.1, -0.05) is 24.3 Å². The lowest BCUT2D eigenvalue weighted by atomic mass is 10.2. The molecule has 5 heteroatoms. The fourth-order valence-electron chi connectivity index (χ4n) is 2.38. The predicted octanol–water partition coefficient (Wildman–Crippen LogP) is 3.88. The van der Waals surface area contributed by atoms with Crippen LogP contribution < -0.4 is 10.1 Å². The number of anilines is 1. The zero-order valence-corrected chi connectivity index (χ0v) is 15.2. The standard InChI is InChI=1S/C19H24N2O2S/c1-4-23-18-8-6-5-7-17(18)20-19(22)14-21(2)13-15-9-11-16(24-3)12-10-15/h5-12H,4,13-14H2,1-3H3,(H,20,22). The van der Waals surface area contributed by atoms with E-state index >= 15 is 0 Å². The molecule has 1 amide bonds. The number of carbonyl (C=O) groups is 1. The van der Waals surface area contributed by atoms with Gasteiger partial charge in [0.05, 0.1) is 18.8 Å². The molecule has 0 saturated heterocycles. The second-order valence-corrected chi connectivity index (χ2v) is 6.38. The highest BCUT2D eigenvalue weighted by molar-refractivity contribution is 7.98. The molecule has 4 nitrogen and oxygen atoms in total. The number of ether oxygens (including phenoxy) is 1. The van der Waals surface area contributed by atoms with Gasteiger partial charge in [-0.2, -0.15) is 0 Å². The molecule has 2 rings (SSSR count). The molecule has 1 N–H and O–H groups in total. The molecular weight excluding hydrogens is 320 g/mol. The van der Waals surface area contributed by atoms with Crippen LogP contribution in [0.1, 0.15) is 12.5 Å². The maximum Gasteiger partial charge on any atom is 0.238 e. The van der Waals surface area contributed by atoms with E-state index in [9.17, 15) is 4.79 Å². The van der Waals surface area contributed by atoms with Crippen LogP contribution in [-0.4, -0.2) is 37.3 Å². The van der Waals surface area contributed by atoms with Crippen molar-refractivity contribution in [2.24, 2.45) is 0 Å². The first kappa shape index (κ1) is 18.4. The molecule has 24 heavy (non-hydrogen) atoms. The van der Waals surface area contributed by atoms with Crippen molar-refractivity contribution >= 4 is 23.4 Å². The Morgan fingerprint density at radius 1 is 1.17 bits per heavy atom. The highest BCUT2D eigenvalue weighted by atomic mass is 32.2. The molecule has 0 unspecified atom stereocenters. The smallest absolute Gasteiger partial charge is 0.238 e. The summed E-state index contributed by atoms with van der Waals surface area (Å²) in [5, 5.41) is 2.92. The average Bonchev–Trinajstić information content (AvgIpc) is 2.57. The summed E-state index contributed by atoms with van der Waals surface area (Å²) < 4.78 is 5.53. The van der Waals surface area contributed by atoms with Crippen molar-refractivity contribution < 1.29 is 9.53 Å². The highest BCUT2D eigenvalue weighted by Gasteiger charge is 2.10. The van der Waals surface area contributed by atoms with E-state index in [1.54, 1.807) is 11.8 Å². The SMILES string of the molecule is CCOc1ccccc1NC(=O)CN(C)Cc1ccc(SC)cc1. The number of amides is 1. The Labute approximate surface area is 148 Å². The number of benzene rings is 2. The number of nitrogens with one attached hydrogen (secondary N) is 1. The Morgan fingerprint density at radius 3 is 2.54 bits per heavy atom. The number of hydrogen-bond acceptors (Lipinski definition) is 4. The Balaban J connectivity index is 1.89. The molecule has 0 aliphatic rings. The van der Waals surface area contributed by atoms with E-state index in [-0.39, 0.29) is 5.91 Å². The first-order valence-electron chi connectivity index (χ1n) is 7.95. The molecule has 0 aliphatic carbocycles. The molecule has 0 aromatic heterocycles. The lowest BCUT2D eigenvalue weighted by molar-refractivity contribution is -0.117. The summed E-state index contributed by atoms with van der Waals surface area (Å²) in [5.74, 6) is 0.647. The molecule has 2 aromatic rings. The second kappa shape index (κ2) is 9.35. The van der Waals surface area contributed by atoms with Crippen LogP contribution in [0.4, 0.5) is 5.69 Å². The quantitative estimate of drug-likeness (QED) is 0.738. The van der Waals surface area contributed by atoms with Gasteiger partial charge in [0.2, 0.25) is 5.91 Å². The number of likely N-dealkylation sites (N-methyl/N-ethyl adjacent to an activating group) is 1. The first-order valence-corrected chi connectivity index (χ1v) is 9.18. The summed E-state index contributed by atoms with van der Waals surface area (Å²) >= 11 is 1.72. The Bertz CT molecular complexity index is 659. The van der Waals surface area contributed by atoms with Crippen LogP contribution in [0.5, 0.6) is 5.75 Å². The van der Waals surface area contributed by atoms with Crippen molar-refractivity contribution in [3.63, 3.8) is 0 Å². The molecular formula is C19H24N2O2S. The molecule has 0 radical (unpaired) electrons. The van der Waals surface area contributed by atoms with Crippen molar-refractivity contribution in [2.75, 3.05) is 31.8 Å². The molecule has 0 fully saturated rings. The van der Waals surface area contributed by atoms with Gasteiger partial charge in [0.1, 0.15) is 5.75 Å². The molecule has 0 saturated carbocycles. The van der Waals surface area contributed by atoms with E-state index < -0.39 is 0 Å². The second-order valence-electron chi connectivity index (χ2n) is 5.50. The lowest BCUT2D eigenvalue weighted by Gasteiger charge is -2.17. The summed E-state index contributed by atoms with van der Waals surface area (Å²) in [5.41, 5.74) is 1.90. The normalized spacial score (nSPS) is 10.7. The van der Waals surface area contributed by atoms with Crippen LogP contribution in [0.25, 0.3) is 0 Å². The molecule has 0 heterocycles. The monoisotopic (exact) mass is 344 g/mol. The third-order valence-electron chi connectivity index (χ3n) is 3.49. The van der Waals surface area contributed by atoms with Crippen LogP contribution >= 0.6 is 11.8 Å².